The minimum Gasteiger partial charge on any atom is -0.448 e. The van der Waals surface area contributed by atoms with Gasteiger partial charge in [0.25, 0.3) is 0 Å². The van der Waals surface area contributed by atoms with Crippen molar-refractivity contribution >= 4 is 46.0 Å². The number of ether oxygens (including phenoxy) is 1. The number of halogens is 2. The van der Waals surface area contributed by atoms with Crippen LogP contribution in [0.1, 0.15) is 20.7 Å². The van der Waals surface area contributed by atoms with E-state index in [0.717, 1.165) is 5.52 Å². The molecule has 0 fully saturated rings. The number of Topliss-reactive ketones (excluding diaryl/α,β-unsaturated/α-hetero) is 1. The van der Waals surface area contributed by atoms with E-state index in [2.05, 4.69) is 10.3 Å². The van der Waals surface area contributed by atoms with E-state index in [1.54, 1.807) is 36.4 Å². The van der Waals surface area contributed by atoms with E-state index in [0.29, 0.717) is 16.1 Å². The lowest BCUT2D eigenvalue weighted by Gasteiger charge is -2.18. The van der Waals surface area contributed by atoms with E-state index in [4.69, 9.17) is 27.9 Å². The number of hydrogen-bond donors (Lipinski definition) is 0. The quantitative estimate of drug-likeness (QED) is 0.317. The zero-order valence-corrected chi connectivity index (χ0v) is 17.0. The van der Waals surface area contributed by atoms with Gasteiger partial charge in [0, 0.05) is 10.6 Å². The van der Waals surface area contributed by atoms with Crippen molar-refractivity contribution in [1.82, 2.24) is 15.0 Å². The molecule has 0 aliphatic heterocycles. The second kappa shape index (κ2) is 8.65. The number of para-hydroxylation sites is 1. The lowest BCUT2D eigenvalue weighted by Crippen LogP contribution is -2.32. The summed E-state index contributed by atoms with van der Waals surface area (Å²) in [6.07, 6.45) is -1.16. The first kappa shape index (κ1) is 20.1. The average molecular weight is 440 g/mol. The summed E-state index contributed by atoms with van der Waals surface area (Å²) in [6, 6.07) is 20.3. The highest BCUT2D eigenvalue weighted by Gasteiger charge is 2.27. The Kier molecular flexibility index (Phi) is 5.79. The Labute approximate surface area is 182 Å². The van der Waals surface area contributed by atoms with Crippen LogP contribution in [0.4, 0.5) is 0 Å². The van der Waals surface area contributed by atoms with Crippen LogP contribution in [0.15, 0.2) is 72.8 Å². The molecule has 1 atom stereocenters. The molecule has 3 aromatic carbocycles. The van der Waals surface area contributed by atoms with Gasteiger partial charge in [0.15, 0.2) is 6.10 Å². The molecule has 4 rings (SSSR count). The Hall–Kier alpha value is -3.22. The molecule has 4 aromatic rings. The Morgan fingerprint density at radius 2 is 1.73 bits per heavy atom. The van der Waals surface area contributed by atoms with Gasteiger partial charge >= 0.3 is 5.97 Å². The van der Waals surface area contributed by atoms with Crippen LogP contribution in [0.3, 0.4) is 0 Å². The van der Waals surface area contributed by atoms with Crippen molar-refractivity contribution in [2.24, 2.45) is 0 Å². The predicted octanol–water partition coefficient (Wildman–Crippen LogP) is 4.85. The fourth-order valence-electron chi connectivity index (χ4n) is 3.03. The maximum absolute atomic E-state index is 13.2. The number of rotatable bonds is 6. The van der Waals surface area contributed by atoms with Crippen LogP contribution in [0.25, 0.3) is 11.0 Å². The number of benzene rings is 3. The van der Waals surface area contributed by atoms with Gasteiger partial charge in [-0.05, 0) is 36.4 Å². The third-order valence-corrected chi connectivity index (χ3v) is 5.07. The smallest absolute Gasteiger partial charge is 0.340 e. The molecular formula is C22H15Cl2N3O3. The Morgan fingerprint density at radius 1 is 0.967 bits per heavy atom. The van der Waals surface area contributed by atoms with Crippen molar-refractivity contribution in [2.45, 2.75) is 12.6 Å². The number of nitrogens with zero attached hydrogens (tertiary/aromatic N) is 3. The summed E-state index contributed by atoms with van der Waals surface area (Å²) in [6.45, 7) is -0.0119. The van der Waals surface area contributed by atoms with Crippen molar-refractivity contribution < 1.29 is 14.3 Å². The van der Waals surface area contributed by atoms with Crippen LogP contribution in [0.5, 0.6) is 0 Å². The molecule has 1 aromatic heterocycles. The molecular weight excluding hydrogens is 425 g/mol. The minimum absolute atomic E-state index is 0.0119. The zero-order valence-electron chi connectivity index (χ0n) is 15.5. The van der Waals surface area contributed by atoms with Crippen molar-refractivity contribution in [3.63, 3.8) is 0 Å². The summed E-state index contributed by atoms with van der Waals surface area (Å²) in [5.41, 5.74) is 1.88. The maximum atomic E-state index is 13.2. The Balaban J connectivity index is 1.68. The van der Waals surface area contributed by atoms with E-state index in [-0.39, 0.29) is 17.1 Å². The fraction of sp³-hybridized carbons (Fsp3) is 0.0909. The summed E-state index contributed by atoms with van der Waals surface area (Å²) in [7, 11) is 0. The number of ketones is 1. The summed E-state index contributed by atoms with van der Waals surface area (Å²) >= 11 is 12.1. The third-order valence-electron chi connectivity index (χ3n) is 4.50. The van der Waals surface area contributed by atoms with Gasteiger partial charge in [-0.25, -0.2) is 9.48 Å². The second-order valence-corrected chi connectivity index (χ2v) is 7.35. The van der Waals surface area contributed by atoms with Crippen molar-refractivity contribution in [1.29, 1.82) is 0 Å². The molecule has 0 N–H and O–H groups in total. The monoisotopic (exact) mass is 439 g/mol. The summed E-state index contributed by atoms with van der Waals surface area (Å²) in [5.74, 6) is -1.11. The number of fused-ring (bicyclic) bond motifs is 1. The molecule has 0 aliphatic rings. The largest absolute Gasteiger partial charge is 0.448 e. The van der Waals surface area contributed by atoms with Gasteiger partial charge in [-0.15, -0.1) is 5.10 Å². The van der Waals surface area contributed by atoms with Crippen molar-refractivity contribution in [3.05, 3.63) is 94.0 Å². The Bertz CT molecular complexity index is 1240. The molecule has 0 saturated heterocycles. The molecule has 0 saturated carbocycles. The van der Waals surface area contributed by atoms with E-state index >= 15 is 0 Å². The normalized spacial score (nSPS) is 11.9. The highest BCUT2D eigenvalue weighted by Crippen LogP contribution is 2.20. The van der Waals surface area contributed by atoms with E-state index in [1.807, 2.05) is 24.3 Å². The third kappa shape index (κ3) is 4.20. The average Bonchev–Trinajstić information content (AvgIpc) is 3.16. The van der Waals surface area contributed by atoms with Crippen LogP contribution >= 0.6 is 23.2 Å². The molecule has 30 heavy (non-hydrogen) atoms. The van der Waals surface area contributed by atoms with Crippen LogP contribution in [0, 0.1) is 0 Å². The zero-order chi connectivity index (χ0) is 21.1. The van der Waals surface area contributed by atoms with E-state index in [9.17, 15) is 9.59 Å². The van der Waals surface area contributed by atoms with Gasteiger partial charge in [-0.2, -0.15) is 0 Å². The number of esters is 1. The summed E-state index contributed by atoms with van der Waals surface area (Å²) in [4.78, 5) is 25.9. The molecule has 1 heterocycles. The molecule has 6 nitrogen and oxygen atoms in total. The van der Waals surface area contributed by atoms with Gasteiger partial charge < -0.3 is 4.74 Å². The van der Waals surface area contributed by atoms with Crippen molar-refractivity contribution in [2.75, 3.05) is 0 Å². The first-order chi connectivity index (χ1) is 14.5. The first-order valence-electron chi connectivity index (χ1n) is 9.06. The number of carbonyl (C=O) groups is 2. The van der Waals surface area contributed by atoms with Gasteiger partial charge in [0.05, 0.1) is 22.6 Å². The number of aromatic nitrogens is 3. The van der Waals surface area contributed by atoms with Crippen LogP contribution in [0.2, 0.25) is 10.0 Å². The number of hydrogen-bond acceptors (Lipinski definition) is 5. The number of carbonyl (C=O) groups excluding carboxylic acids is 2. The lowest BCUT2D eigenvalue weighted by atomic mass is 10.1. The van der Waals surface area contributed by atoms with E-state index < -0.39 is 17.9 Å². The van der Waals surface area contributed by atoms with Gasteiger partial charge in [-0.3, -0.25) is 4.79 Å². The fourth-order valence-corrected chi connectivity index (χ4v) is 3.43. The van der Waals surface area contributed by atoms with Crippen molar-refractivity contribution in [3.8, 4) is 0 Å². The molecule has 1 unspecified atom stereocenters. The highest BCUT2D eigenvalue weighted by molar-refractivity contribution is 6.33. The standard InChI is InChI=1S/C22H15Cl2N3O3/c23-15-7-5-6-14(12-15)21(28)20(30-22(29)16-8-1-2-9-17(16)24)13-27-19-11-4-3-10-18(19)25-26-27/h1-12,20H,13H2. The molecule has 0 aliphatic carbocycles. The van der Waals surface area contributed by atoms with Gasteiger partial charge in [0.2, 0.25) is 5.78 Å². The predicted molar refractivity (Wildman–Crippen MR) is 114 cm³/mol. The minimum atomic E-state index is -1.16. The van der Waals surface area contributed by atoms with Gasteiger partial charge in [-0.1, -0.05) is 64.8 Å². The SMILES string of the molecule is O=C(OC(Cn1nnc2ccccc21)C(=O)c1cccc(Cl)c1)c1ccccc1Cl. The first-order valence-corrected chi connectivity index (χ1v) is 9.82. The molecule has 0 radical (unpaired) electrons. The summed E-state index contributed by atoms with van der Waals surface area (Å²) in [5, 5.41) is 8.83. The highest BCUT2D eigenvalue weighted by atomic mass is 35.5. The molecule has 0 amide bonds. The second-order valence-electron chi connectivity index (χ2n) is 6.51. The Morgan fingerprint density at radius 3 is 2.53 bits per heavy atom. The molecule has 0 spiro atoms. The lowest BCUT2D eigenvalue weighted by molar-refractivity contribution is 0.0245. The molecule has 8 heteroatoms. The van der Waals surface area contributed by atoms with Crippen LogP contribution in [-0.2, 0) is 11.3 Å². The van der Waals surface area contributed by atoms with Gasteiger partial charge in [0.1, 0.15) is 5.52 Å². The van der Waals surface area contributed by atoms with E-state index in [1.165, 1.54) is 16.8 Å². The summed E-state index contributed by atoms with van der Waals surface area (Å²) < 4.78 is 7.12. The maximum Gasteiger partial charge on any atom is 0.340 e. The molecule has 0 bridgehead atoms. The van der Waals surface area contributed by atoms with Crippen LogP contribution in [-0.4, -0.2) is 32.9 Å². The topological polar surface area (TPSA) is 74.1 Å². The molecule has 150 valence electrons. The van der Waals surface area contributed by atoms with Crippen LogP contribution < -0.4 is 0 Å².